The summed E-state index contributed by atoms with van der Waals surface area (Å²) < 4.78 is 15.8. The molecular formula is C16H23NO6. The van der Waals surface area contributed by atoms with Crippen LogP contribution >= 0.6 is 0 Å². The van der Waals surface area contributed by atoms with E-state index in [2.05, 4.69) is 5.32 Å². The average Bonchev–Trinajstić information content (AvgIpc) is 2.49. The van der Waals surface area contributed by atoms with Crippen molar-refractivity contribution >= 4 is 11.9 Å². The summed E-state index contributed by atoms with van der Waals surface area (Å²) in [5.74, 6) is -0.742. The number of nitrogens with one attached hydrogen (secondary N) is 1. The lowest BCUT2D eigenvalue weighted by Gasteiger charge is -2.25. The molecule has 0 heterocycles. The Morgan fingerprint density at radius 3 is 2.30 bits per heavy atom. The van der Waals surface area contributed by atoms with Gasteiger partial charge in [0.25, 0.3) is 5.91 Å². The summed E-state index contributed by atoms with van der Waals surface area (Å²) >= 11 is 0. The van der Waals surface area contributed by atoms with Crippen LogP contribution in [-0.4, -0.2) is 49.5 Å². The molecule has 0 radical (unpaired) electrons. The molecule has 0 saturated carbocycles. The minimum atomic E-state index is -1.52. The number of amides is 1. The first-order valence-corrected chi connectivity index (χ1v) is 7.32. The van der Waals surface area contributed by atoms with Gasteiger partial charge in [-0.1, -0.05) is 0 Å². The molecule has 23 heavy (non-hydrogen) atoms. The van der Waals surface area contributed by atoms with E-state index in [0.717, 1.165) is 0 Å². The molecule has 7 heteroatoms. The number of carbonyl (C=O) groups is 2. The lowest BCUT2D eigenvalue weighted by atomic mass is 10.0. The fraction of sp³-hybridized carbons (Fsp3) is 0.500. The van der Waals surface area contributed by atoms with Crippen molar-refractivity contribution in [3.8, 4) is 11.5 Å². The normalized spacial score (nSPS) is 13.0. The van der Waals surface area contributed by atoms with Crippen molar-refractivity contribution in [1.29, 1.82) is 0 Å². The van der Waals surface area contributed by atoms with Gasteiger partial charge in [0, 0.05) is 12.7 Å². The highest BCUT2D eigenvalue weighted by Gasteiger charge is 2.35. The first-order valence-electron chi connectivity index (χ1n) is 7.32. The molecule has 1 aromatic rings. The Balaban J connectivity index is 3.03. The van der Waals surface area contributed by atoms with Gasteiger partial charge in [0.05, 0.1) is 19.8 Å². The number of benzene rings is 1. The zero-order chi connectivity index (χ0) is 17.5. The van der Waals surface area contributed by atoms with E-state index in [1.54, 1.807) is 12.1 Å². The van der Waals surface area contributed by atoms with Gasteiger partial charge in [0.15, 0.2) is 17.0 Å². The van der Waals surface area contributed by atoms with Crippen molar-refractivity contribution in [2.45, 2.75) is 26.3 Å². The Morgan fingerprint density at radius 1 is 1.17 bits per heavy atom. The summed E-state index contributed by atoms with van der Waals surface area (Å²) in [7, 11) is 1.37. The monoisotopic (exact) mass is 325 g/mol. The van der Waals surface area contributed by atoms with Gasteiger partial charge in [0.1, 0.15) is 0 Å². The zero-order valence-electron chi connectivity index (χ0n) is 13.8. The number of carboxylic acids is 1. The van der Waals surface area contributed by atoms with Gasteiger partial charge in [0.2, 0.25) is 0 Å². The summed E-state index contributed by atoms with van der Waals surface area (Å²) in [5.41, 5.74) is -1.24. The van der Waals surface area contributed by atoms with Gasteiger partial charge in [-0.25, -0.2) is 4.79 Å². The average molecular weight is 325 g/mol. The van der Waals surface area contributed by atoms with E-state index in [9.17, 15) is 14.7 Å². The molecule has 0 saturated heterocycles. The third kappa shape index (κ3) is 4.85. The third-order valence-electron chi connectivity index (χ3n) is 3.10. The van der Waals surface area contributed by atoms with Gasteiger partial charge in [-0.3, -0.25) is 4.79 Å². The van der Waals surface area contributed by atoms with E-state index in [1.165, 1.54) is 20.1 Å². The highest BCUT2D eigenvalue weighted by atomic mass is 16.5. The van der Waals surface area contributed by atoms with E-state index in [-0.39, 0.29) is 12.2 Å². The molecule has 2 N–H and O–H groups in total. The topological polar surface area (TPSA) is 94.1 Å². The molecule has 0 fully saturated rings. The molecule has 1 aromatic carbocycles. The van der Waals surface area contributed by atoms with E-state index >= 15 is 0 Å². The molecular weight excluding hydrogens is 302 g/mol. The molecule has 0 aliphatic heterocycles. The minimum Gasteiger partial charge on any atom is -0.490 e. The largest absolute Gasteiger partial charge is 0.490 e. The van der Waals surface area contributed by atoms with Crippen LogP contribution in [0.5, 0.6) is 11.5 Å². The van der Waals surface area contributed by atoms with Crippen LogP contribution < -0.4 is 14.8 Å². The van der Waals surface area contributed by atoms with Crippen molar-refractivity contribution < 1.29 is 28.9 Å². The second-order valence-electron chi connectivity index (χ2n) is 5.05. The Labute approximate surface area is 135 Å². The maximum absolute atomic E-state index is 12.3. The summed E-state index contributed by atoms with van der Waals surface area (Å²) in [6.45, 7) is 5.79. The van der Waals surface area contributed by atoms with E-state index in [0.29, 0.717) is 24.7 Å². The standard InChI is InChI=1S/C16H23NO6/c1-5-22-12-8-7-11(9-13(12)23-6-2)14(18)17-16(3,10-21-4)15(19)20/h7-9H,5-6,10H2,1-4H3,(H,17,18)(H,19,20). The van der Waals surface area contributed by atoms with Crippen LogP contribution in [0.15, 0.2) is 18.2 Å². The highest BCUT2D eigenvalue weighted by molar-refractivity contribution is 5.98. The van der Waals surface area contributed by atoms with Gasteiger partial charge in [-0.2, -0.15) is 0 Å². The van der Waals surface area contributed by atoms with Crippen molar-refractivity contribution in [1.82, 2.24) is 5.32 Å². The van der Waals surface area contributed by atoms with Crippen LogP contribution in [0.25, 0.3) is 0 Å². The molecule has 0 aromatic heterocycles. The summed E-state index contributed by atoms with van der Waals surface area (Å²) in [6, 6.07) is 4.70. The first-order chi connectivity index (χ1) is 10.9. The van der Waals surface area contributed by atoms with Crippen LogP contribution in [-0.2, 0) is 9.53 Å². The maximum atomic E-state index is 12.3. The van der Waals surface area contributed by atoms with Crippen LogP contribution in [0.2, 0.25) is 0 Å². The van der Waals surface area contributed by atoms with Crippen molar-refractivity contribution in [3.05, 3.63) is 23.8 Å². The van der Waals surface area contributed by atoms with Crippen LogP contribution in [0, 0.1) is 0 Å². The molecule has 7 nitrogen and oxygen atoms in total. The van der Waals surface area contributed by atoms with Crippen LogP contribution in [0.3, 0.4) is 0 Å². The van der Waals surface area contributed by atoms with Crippen LogP contribution in [0.4, 0.5) is 0 Å². The van der Waals surface area contributed by atoms with Crippen molar-refractivity contribution in [2.75, 3.05) is 26.9 Å². The molecule has 128 valence electrons. The fourth-order valence-corrected chi connectivity index (χ4v) is 1.96. The second-order valence-corrected chi connectivity index (χ2v) is 5.05. The number of carbonyl (C=O) groups excluding carboxylic acids is 1. The number of carboxylic acid groups (broad SMARTS) is 1. The predicted molar refractivity (Wildman–Crippen MR) is 84.2 cm³/mol. The molecule has 1 rings (SSSR count). The Kier molecular flexibility index (Phi) is 6.84. The Bertz CT molecular complexity index is 560. The number of hydrogen-bond acceptors (Lipinski definition) is 5. The second kappa shape index (κ2) is 8.38. The predicted octanol–water partition coefficient (Wildman–Crippen LogP) is 1.70. The summed E-state index contributed by atoms with van der Waals surface area (Å²) in [4.78, 5) is 23.7. The zero-order valence-corrected chi connectivity index (χ0v) is 13.8. The molecule has 0 spiro atoms. The van der Waals surface area contributed by atoms with Crippen LogP contribution in [0.1, 0.15) is 31.1 Å². The van der Waals surface area contributed by atoms with Crippen molar-refractivity contribution in [3.63, 3.8) is 0 Å². The minimum absolute atomic E-state index is 0.149. The highest BCUT2D eigenvalue weighted by Crippen LogP contribution is 2.28. The summed E-state index contributed by atoms with van der Waals surface area (Å²) in [5, 5.41) is 11.7. The number of methoxy groups -OCH3 is 1. The summed E-state index contributed by atoms with van der Waals surface area (Å²) in [6.07, 6.45) is 0. The molecule has 0 aliphatic carbocycles. The maximum Gasteiger partial charge on any atom is 0.331 e. The number of ether oxygens (including phenoxy) is 3. The lowest BCUT2D eigenvalue weighted by Crippen LogP contribution is -2.55. The van der Waals surface area contributed by atoms with E-state index < -0.39 is 17.4 Å². The molecule has 0 aliphatic rings. The Hall–Kier alpha value is -2.28. The number of rotatable bonds is 9. The van der Waals surface area contributed by atoms with Gasteiger partial charge < -0.3 is 24.6 Å². The first kappa shape index (κ1) is 18.8. The quantitative estimate of drug-likeness (QED) is 0.718. The van der Waals surface area contributed by atoms with E-state index in [1.807, 2.05) is 13.8 Å². The van der Waals surface area contributed by atoms with E-state index in [4.69, 9.17) is 14.2 Å². The van der Waals surface area contributed by atoms with Gasteiger partial charge in [-0.05, 0) is 39.0 Å². The molecule has 1 unspecified atom stereocenters. The number of hydrogen-bond donors (Lipinski definition) is 2. The molecule has 1 amide bonds. The third-order valence-corrected chi connectivity index (χ3v) is 3.10. The van der Waals surface area contributed by atoms with Gasteiger partial charge in [-0.15, -0.1) is 0 Å². The van der Waals surface area contributed by atoms with Gasteiger partial charge >= 0.3 is 5.97 Å². The molecule has 1 atom stereocenters. The Morgan fingerprint density at radius 2 is 1.78 bits per heavy atom. The lowest BCUT2D eigenvalue weighted by molar-refractivity contribution is -0.145. The van der Waals surface area contributed by atoms with Crippen molar-refractivity contribution in [2.24, 2.45) is 0 Å². The molecule has 0 bridgehead atoms. The fourth-order valence-electron chi connectivity index (χ4n) is 1.96. The SMILES string of the molecule is CCOc1ccc(C(=O)NC(C)(COC)C(=O)O)cc1OCC. The smallest absolute Gasteiger partial charge is 0.331 e. The number of aliphatic carboxylic acids is 1.